The van der Waals surface area contributed by atoms with Crippen LogP contribution < -0.4 is 4.90 Å². The third-order valence-corrected chi connectivity index (χ3v) is 4.01. The Morgan fingerprint density at radius 3 is 3.07 bits per heavy atom. The van der Waals surface area contributed by atoms with Crippen LogP contribution in [0.15, 0.2) is 16.7 Å². The number of hydrogen-bond acceptors (Lipinski definition) is 2. The van der Waals surface area contributed by atoms with Crippen molar-refractivity contribution in [2.45, 2.75) is 39.2 Å². The van der Waals surface area contributed by atoms with Crippen LogP contribution in [0.5, 0.6) is 0 Å². The van der Waals surface area contributed by atoms with Gasteiger partial charge in [-0.2, -0.15) is 0 Å². The van der Waals surface area contributed by atoms with Gasteiger partial charge < -0.3 is 4.90 Å². The molecular formula is C12H17BrN2. The largest absolute Gasteiger partial charge is 0.354 e. The molecule has 1 aromatic heterocycles. The van der Waals surface area contributed by atoms with Crippen molar-refractivity contribution in [3.63, 3.8) is 0 Å². The molecule has 1 fully saturated rings. The highest BCUT2D eigenvalue weighted by Gasteiger charge is 2.23. The zero-order chi connectivity index (χ0) is 10.8. The Bertz CT molecular complexity index is 351. The van der Waals surface area contributed by atoms with Crippen LogP contribution in [-0.4, -0.2) is 17.6 Å². The summed E-state index contributed by atoms with van der Waals surface area (Å²) < 4.78 is 1.10. The number of hydrogen-bond donors (Lipinski definition) is 0. The summed E-state index contributed by atoms with van der Waals surface area (Å²) in [6.45, 7) is 5.54. The minimum absolute atomic E-state index is 0.693. The van der Waals surface area contributed by atoms with Crippen LogP contribution in [0.3, 0.4) is 0 Å². The van der Waals surface area contributed by atoms with E-state index in [0.29, 0.717) is 6.04 Å². The van der Waals surface area contributed by atoms with Gasteiger partial charge in [0.25, 0.3) is 0 Å². The molecule has 2 heterocycles. The zero-order valence-electron chi connectivity index (χ0n) is 9.33. The fourth-order valence-corrected chi connectivity index (χ4v) is 2.46. The molecule has 0 radical (unpaired) electrons. The molecule has 0 N–H and O–H groups in total. The summed E-state index contributed by atoms with van der Waals surface area (Å²) in [6.07, 6.45) is 5.75. The number of rotatable bonds is 2. The van der Waals surface area contributed by atoms with Gasteiger partial charge in [0.15, 0.2) is 0 Å². The highest BCUT2D eigenvalue weighted by atomic mass is 79.9. The Morgan fingerprint density at radius 1 is 1.60 bits per heavy atom. The summed E-state index contributed by atoms with van der Waals surface area (Å²) in [5.74, 6) is 1.14. The van der Waals surface area contributed by atoms with Crippen LogP contribution in [0.2, 0.25) is 0 Å². The quantitative estimate of drug-likeness (QED) is 0.816. The van der Waals surface area contributed by atoms with Gasteiger partial charge >= 0.3 is 0 Å². The second kappa shape index (κ2) is 4.52. The number of anilines is 1. The van der Waals surface area contributed by atoms with Gasteiger partial charge in [-0.05, 0) is 53.7 Å². The fourth-order valence-electron chi connectivity index (χ4n) is 2.24. The van der Waals surface area contributed by atoms with Gasteiger partial charge in [-0.25, -0.2) is 4.98 Å². The molecule has 3 heteroatoms. The van der Waals surface area contributed by atoms with Crippen LogP contribution in [0.25, 0.3) is 0 Å². The summed E-state index contributed by atoms with van der Waals surface area (Å²) in [5.41, 5.74) is 1.27. The lowest BCUT2D eigenvalue weighted by atomic mass is 10.1. The molecule has 1 aliphatic rings. The molecule has 0 amide bonds. The summed E-state index contributed by atoms with van der Waals surface area (Å²) in [6, 6.07) is 2.87. The predicted molar refractivity (Wildman–Crippen MR) is 67.3 cm³/mol. The molecular weight excluding hydrogens is 252 g/mol. The fraction of sp³-hybridized carbons (Fsp3) is 0.583. The Morgan fingerprint density at radius 2 is 2.40 bits per heavy atom. The first-order valence-corrected chi connectivity index (χ1v) is 6.40. The highest BCUT2D eigenvalue weighted by Crippen LogP contribution is 2.27. The maximum Gasteiger partial charge on any atom is 0.129 e. The van der Waals surface area contributed by atoms with Gasteiger partial charge in [0.1, 0.15) is 5.82 Å². The number of aromatic nitrogens is 1. The van der Waals surface area contributed by atoms with E-state index in [1.54, 1.807) is 0 Å². The molecule has 0 aromatic carbocycles. The van der Waals surface area contributed by atoms with Gasteiger partial charge in [0.05, 0.1) is 0 Å². The molecule has 2 nitrogen and oxygen atoms in total. The lowest BCUT2D eigenvalue weighted by molar-refractivity contribution is 0.640. The van der Waals surface area contributed by atoms with Crippen LogP contribution in [-0.2, 0) is 0 Å². The highest BCUT2D eigenvalue weighted by molar-refractivity contribution is 9.10. The average molecular weight is 269 g/mol. The van der Waals surface area contributed by atoms with E-state index < -0.39 is 0 Å². The van der Waals surface area contributed by atoms with E-state index in [1.165, 1.54) is 24.8 Å². The zero-order valence-corrected chi connectivity index (χ0v) is 10.9. The van der Waals surface area contributed by atoms with Crippen molar-refractivity contribution in [3.05, 3.63) is 22.3 Å². The number of halogens is 1. The standard InChI is InChI=1S/C12H17BrN2/c1-3-10-5-4-6-15(10)12-7-9(2)11(13)8-14-12/h7-8,10H,3-6H2,1-2H3. The summed E-state index contributed by atoms with van der Waals surface area (Å²) in [4.78, 5) is 6.94. The van der Waals surface area contributed by atoms with E-state index in [4.69, 9.17) is 0 Å². The summed E-state index contributed by atoms with van der Waals surface area (Å²) in [5, 5.41) is 0. The van der Waals surface area contributed by atoms with Crippen molar-refractivity contribution >= 4 is 21.7 Å². The van der Waals surface area contributed by atoms with Gasteiger partial charge in [0.2, 0.25) is 0 Å². The summed E-state index contributed by atoms with van der Waals surface area (Å²) in [7, 11) is 0. The smallest absolute Gasteiger partial charge is 0.129 e. The molecule has 1 atom stereocenters. The van der Waals surface area contributed by atoms with E-state index in [0.717, 1.165) is 16.8 Å². The Kier molecular flexibility index (Phi) is 3.29. The number of pyridine rings is 1. The molecule has 1 aromatic rings. The lowest BCUT2D eigenvalue weighted by Crippen LogP contribution is -2.29. The van der Waals surface area contributed by atoms with Gasteiger partial charge in [0, 0.05) is 23.3 Å². The predicted octanol–water partition coefficient (Wildman–Crippen LogP) is 3.53. The van der Waals surface area contributed by atoms with Crippen molar-refractivity contribution in [1.29, 1.82) is 0 Å². The van der Waals surface area contributed by atoms with Crippen molar-refractivity contribution in [2.24, 2.45) is 0 Å². The molecule has 0 aliphatic carbocycles. The van der Waals surface area contributed by atoms with Crippen molar-refractivity contribution in [2.75, 3.05) is 11.4 Å². The molecule has 1 unspecified atom stereocenters. The first-order chi connectivity index (χ1) is 7.22. The molecule has 2 rings (SSSR count). The van der Waals surface area contributed by atoms with Crippen molar-refractivity contribution < 1.29 is 0 Å². The van der Waals surface area contributed by atoms with E-state index in [2.05, 4.69) is 45.7 Å². The minimum atomic E-state index is 0.693. The van der Waals surface area contributed by atoms with E-state index in [9.17, 15) is 0 Å². The molecule has 0 spiro atoms. The van der Waals surface area contributed by atoms with E-state index >= 15 is 0 Å². The normalized spacial score (nSPS) is 21.0. The maximum absolute atomic E-state index is 4.50. The SMILES string of the molecule is CCC1CCCN1c1cc(C)c(Br)cn1. The van der Waals surface area contributed by atoms with Crippen LogP contribution in [0.1, 0.15) is 31.7 Å². The topological polar surface area (TPSA) is 16.1 Å². The monoisotopic (exact) mass is 268 g/mol. The maximum atomic E-state index is 4.50. The summed E-state index contributed by atoms with van der Waals surface area (Å²) >= 11 is 3.49. The lowest BCUT2D eigenvalue weighted by Gasteiger charge is -2.25. The van der Waals surface area contributed by atoms with Gasteiger partial charge in [-0.3, -0.25) is 0 Å². The van der Waals surface area contributed by atoms with Crippen LogP contribution >= 0.6 is 15.9 Å². The van der Waals surface area contributed by atoms with Gasteiger partial charge in [-0.1, -0.05) is 6.92 Å². The van der Waals surface area contributed by atoms with Crippen molar-refractivity contribution in [1.82, 2.24) is 4.98 Å². The molecule has 82 valence electrons. The third-order valence-electron chi connectivity index (χ3n) is 3.18. The molecule has 15 heavy (non-hydrogen) atoms. The first-order valence-electron chi connectivity index (χ1n) is 5.61. The first kappa shape index (κ1) is 10.9. The number of aryl methyl sites for hydroxylation is 1. The number of nitrogens with zero attached hydrogens (tertiary/aromatic N) is 2. The van der Waals surface area contributed by atoms with Crippen LogP contribution in [0.4, 0.5) is 5.82 Å². The second-order valence-electron chi connectivity index (χ2n) is 4.19. The van der Waals surface area contributed by atoms with Gasteiger partial charge in [-0.15, -0.1) is 0 Å². The average Bonchev–Trinajstić information content (AvgIpc) is 2.70. The molecule has 0 saturated carbocycles. The Balaban J connectivity index is 2.25. The van der Waals surface area contributed by atoms with E-state index in [1.807, 2.05) is 6.20 Å². The molecule has 1 aliphatic heterocycles. The second-order valence-corrected chi connectivity index (χ2v) is 5.04. The Hall–Kier alpha value is -0.570. The van der Waals surface area contributed by atoms with E-state index in [-0.39, 0.29) is 0 Å². The molecule has 0 bridgehead atoms. The van der Waals surface area contributed by atoms with Crippen LogP contribution in [0, 0.1) is 6.92 Å². The Labute approximate surface area is 99.8 Å². The third kappa shape index (κ3) is 2.17. The molecule has 1 saturated heterocycles. The van der Waals surface area contributed by atoms with Crippen molar-refractivity contribution in [3.8, 4) is 0 Å². The minimum Gasteiger partial charge on any atom is -0.354 e.